The van der Waals surface area contributed by atoms with Crippen LogP contribution >= 0.6 is 0 Å². The summed E-state index contributed by atoms with van der Waals surface area (Å²) in [6.45, 7) is 12.1. The topological polar surface area (TPSA) is 208 Å². The van der Waals surface area contributed by atoms with Crippen LogP contribution in [0.15, 0.2) is 0 Å². The highest BCUT2D eigenvalue weighted by molar-refractivity contribution is 5.88. The smallest absolute Gasteiger partial charge is 0.341 e. The van der Waals surface area contributed by atoms with Crippen molar-refractivity contribution in [3.05, 3.63) is 0 Å². The lowest BCUT2D eigenvalue weighted by atomic mass is 9.41. The normalized spacial score (nSPS) is 59.6. The minimum absolute atomic E-state index is 0.234. The first kappa shape index (κ1) is 32.5. The maximum absolute atomic E-state index is 14.4. The zero-order valence-corrected chi connectivity index (χ0v) is 28.2. The summed E-state index contributed by atoms with van der Waals surface area (Å²) in [6, 6.07) is 0. The summed E-state index contributed by atoms with van der Waals surface area (Å²) in [5.41, 5.74) is -6.23. The van der Waals surface area contributed by atoms with Crippen LogP contribution in [0.5, 0.6) is 0 Å². The molecule has 0 amide bonds. The second kappa shape index (κ2) is 9.36. The van der Waals surface area contributed by atoms with Crippen molar-refractivity contribution in [1.82, 2.24) is 0 Å². The first-order valence-electron chi connectivity index (χ1n) is 16.9. The molecule has 0 aromatic rings. The van der Waals surface area contributed by atoms with Crippen LogP contribution in [0.1, 0.15) is 61.8 Å². The number of hydrogen-bond acceptors (Lipinski definition) is 14. The average molecular weight is 677 g/mol. The Labute approximate surface area is 277 Å². The quantitative estimate of drug-likeness (QED) is 0.205. The molecular weight excluding hydrogens is 632 g/mol. The molecule has 20 atom stereocenters. The second-order valence-electron chi connectivity index (χ2n) is 16.5. The van der Waals surface area contributed by atoms with E-state index in [1.54, 1.807) is 20.8 Å². The van der Waals surface area contributed by atoms with E-state index in [1.807, 2.05) is 6.92 Å². The first-order valence-corrected chi connectivity index (χ1v) is 16.9. The predicted molar refractivity (Wildman–Crippen MR) is 156 cm³/mol. The van der Waals surface area contributed by atoms with Crippen LogP contribution in [0.25, 0.3) is 0 Å². The maximum Gasteiger partial charge on any atom is 0.341 e. The lowest BCUT2D eigenvalue weighted by Gasteiger charge is -2.65. The molecular formula is C34H44O14. The minimum atomic E-state index is -2.11. The van der Waals surface area contributed by atoms with Crippen LogP contribution in [0, 0.1) is 57.7 Å². The molecule has 3 aliphatic heterocycles. The van der Waals surface area contributed by atoms with Gasteiger partial charge in [0.15, 0.2) is 11.4 Å². The first-order chi connectivity index (χ1) is 22.2. The van der Waals surface area contributed by atoms with Gasteiger partial charge < -0.3 is 43.7 Å². The Morgan fingerprint density at radius 2 is 1.44 bits per heavy atom. The lowest BCUT2D eigenvalue weighted by Crippen LogP contribution is -2.74. The van der Waals surface area contributed by atoms with Gasteiger partial charge in [0.1, 0.15) is 36.6 Å². The van der Waals surface area contributed by atoms with Crippen LogP contribution in [-0.4, -0.2) is 105 Å². The van der Waals surface area contributed by atoms with Crippen LogP contribution < -0.4 is 0 Å². The number of epoxide rings is 2. The fraction of sp³-hybridized carbons (Fsp3) is 0.853. The summed E-state index contributed by atoms with van der Waals surface area (Å²) in [5, 5.41) is 36.8. The van der Waals surface area contributed by atoms with Gasteiger partial charge in [-0.15, -0.1) is 0 Å². The number of ether oxygens (including phenoxy) is 6. The van der Waals surface area contributed by atoms with E-state index < -0.39 is 141 Å². The van der Waals surface area contributed by atoms with Gasteiger partial charge in [0, 0.05) is 61.2 Å². The predicted octanol–water partition coefficient (Wildman–Crippen LogP) is 0.0530. The molecule has 8 rings (SSSR count). The molecule has 3 heterocycles. The van der Waals surface area contributed by atoms with Crippen molar-refractivity contribution in [2.45, 2.75) is 122 Å². The Hall–Kier alpha value is -2.65. The van der Waals surface area contributed by atoms with E-state index in [1.165, 1.54) is 27.7 Å². The number of Topliss-reactive ketones (excluding diaryl/α,β-unsaturated/α-hetero) is 1. The molecule has 0 aromatic carbocycles. The molecule has 3 saturated heterocycles. The van der Waals surface area contributed by atoms with Gasteiger partial charge in [0.2, 0.25) is 5.79 Å². The van der Waals surface area contributed by atoms with Gasteiger partial charge in [-0.1, -0.05) is 20.8 Å². The molecule has 0 aromatic heterocycles. The van der Waals surface area contributed by atoms with Crippen molar-refractivity contribution < 1.29 is 67.7 Å². The zero-order chi connectivity index (χ0) is 35.0. The number of ketones is 1. The lowest BCUT2D eigenvalue weighted by molar-refractivity contribution is -0.273. The highest BCUT2D eigenvalue weighted by Crippen LogP contribution is 2.80. The summed E-state index contributed by atoms with van der Waals surface area (Å²) in [5.74, 6) is -10.9. The zero-order valence-electron chi connectivity index (χ0n) is 28.2. The van der Waals surface area contributed by atoms with E-state index in [-0.39, 0.29) is 12.5 Å². The van der Waals surface area contributed by atoms with E-state index in [2.05, 4.69) is 0 Å². The molecule has 14 nitrogen and oxygen atoms in total. The minimum Gasteiger partial charge on any atom is -0.459 e. The molecule has 3 N–H and O–H groups in total. The van der Waals surface area contributed by atoms with Gasteiger partial charge in [0.25, 0.3) is 0 Å². The molecule has 8 aliphatic rings. The van der Waals surface area contributed by atoms with E-state index in [0.29, 0.717) is 0 Å². The molecule has 14 heteroatoms. The Balaban J connectivity index is 1.38. The number of rotatable bonds is 3. The van der Waals surface area contributed by atoms with Crippen LogP contribution in [0.3, 0.4) is 0 Å². The van der Waals surface area contributed by atoms with E-state index in [9.17, 15) is 39.3 Å². The van der Waals surface area contributed by atoms with Gasteiger partial charge in [0.05, 0.1) is 17.6 Å². The SMILES string of the molecule is CC(=O)O[C@@H]1[C@@H]2[C@@H]([C@H]3[C@@H](O)[C@@H]4[C@@H]([C@@H](C)[C@@H]5O[C@@]56OC(=O)[C@@](C)(O)[C@]46C)[C@@]3(C)[C@@H]1OC(C)=O)[C@H](O)C(=O)[C@H]1C[C@H]3O[C@H]3[C@H](OC(C)=O)[C@]21C. The number of aliphatic hydroxyl groups is 3. The monoisotopic (exact) mass is 676 g/mol. The van der Waals surface area contributed by atoms with Gasteiger partial charge in [-0.05, 0) is 32.1 Å². The summed E-state index contributed by atoms with van der Waals surface area (Å²) in [4.78, 5) is 66.2. The number of fused-ring (bicyclic) bond motifs is 9. The van der Waals surface area contributed by atoms with Crippen molar-refractivity contribution in [1.29, 1.82) is 0 Å². The van der Waals surface area contributed by atoms with Crippen LogP contribution in [0.4, 0.5) is 0 Å². The van der Waals surface area contributed by atoms with Crippen LogP contribution in [-0.2, 0) is 52.4 Å². The Kier molecular flexibility index (Phi) is 6.35. The Bertz CT molecular complexity index is 1540. The largest absolute Gasteiger partial charge is 0.459 e. The summed E-state index contributed by atoms with van der Waals surface area (Å²) < 4.78 is 36.1. The third-order valence-corrected chi connectivity index (χ3v) is 14.7. The van der Waals surface area contributed by atoms with E-state index in [4.69, 9.17) is 28.4 Å². The van der Waals surface area contributed by atoms with Crippen molar-refractivity contribution in [3.8, 4) is 0 Å². The maximum atomic E-state index is 14.4. The van der Waals surface area contributed by atoms with E-state index >= 15 is 0 Å². The molecule has 8 fully saturated rings. The van der Waals surface area contributed by atoms with Crippen LogP contribution in [0.2, 0.25) is 0 Å². The van der Waals surface area contributed by atoms with Crippen molar-refractivity contribution in [2.24, 2.45) is 57.7 Å². The number of esters is 4. The molecule has 5 saturated carbocycles. The second-order valence-corrected chi connectivity index (χ2v) is 16.5. The molecule has 0 bridgehead atoms. The van der Waals surface area contributed by atoms with Gasteiger partial charge in [-0.3, -0.25) is 19.2 Å². The molecule has 1 spiro atoms. The average Bonchev–Trinajstić information content (AvgIpc) is 3.88. The van der Waals surface area contributed by atoms with Crippen molar-refractivity contribution in [3.63, 3.8) is 0 Å². The Morgan fingerprint density at radius 3 is 2.04 bits per heavy atom. The highest BCUT2D eigenvalue weighted by Gasteiger charge is 2.93. The molecule has 0 radical (unpaired) electrons. The van der Waals surface area contributed by atoms with Gasteiger partial charge in [-0.2, -0.15) is 0 Å². The van der Waals surface area contributed by atoms with Gasteiger partial charge >= 0.3 is 23.9 Å². The number of carbonyl (C=O) groups is 5. The van der Waals surface area contributed by atoms with E-state index in [0.717, 1.165) is 0 Å². The molecule has 264 valence electrons. The number of carbonyl (C=O) groups excluding carboxylic acids is 5. The summed E-state index contributed by atoms with van der Waals surface area (Å²) in [7, 11) is 0. The number of hydrogen-bond donors (Lipinski definition) is 3. The number of aliphatic hydroxyl groups excluding tert-OH is 2. The molecule has 0 unspecified atom stereocenters. The molecule has 5 aliphatic carbocycles. The third kappa shape index (κ3) is 3.39. The highest BCUT2D eigenvalue weighted by atomic mass is 16.8. The summed E-state index contributed by atoms with van der Waals surface area (Å²) in [6.07, 6.45) is -7.90. The fourth-order valence-electron chi connectivity index (χ4n) is 12.9. The fourth-order valence-corrected chi connectivity index (χ4v) is 12.9. The standard InChI is InChI=1S/C34H44O14/c1-10-17-20(32(7)33(8,42)29(41)48-34(32)26(10)47-34)23(40)18-16-19(25(43-11(2)35)28(31(17,18)6)45-13(4)37)30(5)14(21(38)22(16)39)9-15-24(46-15)27(30)44-12(3)36/h10,14-20,22-28,39-40,42H,9H2,1-8H3/t10-,14-,15-,16-,17-,18+,19+,20+,22+,23-,24-,25-,26+,27+,28-,30+,31-,32+,33-,34-/m1/s1. The van der Waals surface area contributed by atoms with Crippen molar-refractivity contribution >= 4 is 29.7 Å². The van der Waals surface area contributed by atoms with Gasteiger partial charge in [-0.25, -0.2) is 4.79 Å². The summed E-state index contributed by atoms with van der Waals surface area (Å²) >= 11 is 0. The third-order valence-electron chi connectivity index (χ3n) is 14.7. The Morgan fingerprint density at radius 1 is 0.833 bits per heavy atom. The van der Waals surface area contributed by atoms with Crippen molar-refractivity contribution in [2.75, 3.05) is 0 Å². The molecule has 48 heavy (non-hydrogen) atoms.